The van der Waals surface area contributed by atoms with Crippen molar-refractivity contribution in [1.29, 1.82) is 0 Å². The average molecular weight is 247 g/mol. The molecule has 1 atom stereocenters. The summed E-state index contributed by atoms with van der Waals surface area (Å²) in [5, 5.41) is 0. The van der Waals surface area contributed by atoms with Crippen molar-refractivity contribution in [2.45, 2.75) is 32.7 Å². The van der Waals surface area contributed by atoms with Gasteiger partial charge in [0, 0.05) is 11.8 Å². The van der Waals surface area contributed by atoms with Crippen LogP contribution in [0, 0.1) is 23.6 Å². The van der Waals surface area contributed by atoms with E-state index in [-0.39, 0.29) is 18.0 Å². The first-order chi connectivity index (χ1) is 8.35. The van der Waals surface area contributed by atoms with Gasteiger partial charge >= 0.3 is 0 Å². The summed E-state index contributed by atoms with van der Waals surface area (Å²) in [5.41, 5.74) is 5.95. The number of hydrogen-bond acceptors (Lipinski definition) is 2. The summed E-state index contributed by atoms with van der Waals surface area (Å²) in [5.74, 6) is 2.09. The Kier molecular flexibility index (Phi) is 4.63. The lowest BCUT2D eigenvalue weighted by Gasteiger charge is -2.24. The number of ketones is 1. The predicted octanol–water partition coefficient (Wildman–Crippen LogP) is 2.31. The zero-order valence-electron chi connectivity index (χ0n) is 10.7. The Balaban J connectivity index is 2.72. The smallest absolute Gasteiger partial charge is 0.141 e. The number of carbonyl (C=O) groups is 1. The fourth-order valence-corrected chi connectivity index (χ4v) is 1.75. The van der Waals surface area contributed by atoms with Crippen molar-refractivity contribution in [2.75, 3.05) is 0 Å². The minimum Gasteiger partial charge on any atom is -0.317 e. The van der Waals surface area contributed by atoms with Gasteiger partial charge in [-0.25, -0.2) is 4.39 Å². The van der Waals surface area contributed by atoms with E-state index in [1.54, 1.807) is 12.1 Å². The third-order valence-corrected chi connectivity index (χ3v) is 2.93. The van der Waals surface area contributed by atoms with Crippen molar-refractivity contribution in [1.82, 2.24) is 0 Å². The molecule has 1 rings (SSSR count). The molecule has 0 bridgehead atoms. The Labute approximate surface area is 107 Å². The van der Waals surface area contributed by atoms with E-state index in [1.165, 1.54) is 12.1 Å². The molecule has 3 heteroatoms. The normalized spacial score (nSPS) is 12.8. The summed E-state index contributed by atoms with van der Waals surface area (Å²) in [4.78, 5) is 12.1. The molecule has 2 N–H and O–H groups in total. The maximum Gasteiger partial charge on any atom is 0.141 e. The lowest BCUT2D eigenvalue weighted by molar-refractivity contribution is -0.127. The highest BCUT2D eigenvalue weighted by Crippen LogP contribution is 2.25. The third kappa shape index (κ3) is 3.97. The van der Waals surface area contributed by atoms with Gasteiger partial charge in [-0.2, -0.15) is 0 Å². The van der Waals surface area contributed by atoms with Gasteiger partial charge in [0.1, 0.15) is 11.6 Å². The fourth-order valence-electron chi connectivity index (χ4n) is 1.75. The van der Waals surface area contributed by atoms with Crippen LogP contribution in [-0.4, -0.2) is 11.8 Å². The molecule has 96 valence electrons. The van der Waals surface area contributed by atoms with E-state index >= 15 is 0 Å². The van der Waals surface area contributed by atoms with Crippen LogP contribution >= 0.6 is 0 Å². The van der Waals surface area contributed by atoms with E-state index in [2.05, 4.69) is 5.92 Å². The van der Waals surface area contributed by atoms with Gasteiger partial charge in [-0.05, 0) is 24.1 Å². The van der Waals surface area contributed by atoms with Gasteiger partial charge in [0.05, 0.1) is 6.04 Å². The highest BCUT2D eigenvalue weighted by atomic mass is 19.1. The molecule has 0 aliphatic heterocycles. The summed E-state index contributed by atoms with van der Waals surface area (Å²) in [6.45, 7) is 3.70. The van der Waals surface area contributed by atoms with Crippen LogP contribution in [0.4, 0.5) is 4.39 Å². The van der Waals surface area contributed by atoms with Crippen molar-refractivity contribution < 1.29 is 9.18 Å². The van der Waals surface area contributed by atoms with Gasteiger partial charge in [-0.15, -0.1) is 6.42 Å². The Morgan fingerprint density at radius 1 is 1.44 bits per heavy atom. The second-order valence-electron chi connectivity index (χ2n) is 5.09. The first kappa shape index (κ1) is 14.4. The molecule has 0 saturated carbocycles. The molecule has 0 spiro atoms. The molecule has 0 aliphatic rings. The van der Waals surface area contributed by atoms with E-state index < -0.39 is 11.5 Å². The highest BCUT2D eigenvalue weighted by Gasteiger charge is 2.28. The number of rotatable bonds is 5. The van der Waals surface area contributed by atoms with Crippen molar-refractivity contribution in [3.8, 4) is 12.3 Å². The molecule has 0 aromatic heterocycles. The maximum atomic E-state index is 12.8. The predicted molar refractivity (Wildman–Crippen MR) is 70.3 cm³/mol. The molecule has 0 saturated heterocycles. The molecule has 1 aromatic carbocycles. The summed E-state index contributed by atoms with van der Waals surface area (Å²) < 4.78 is 12.8. The van der Waals surface area contributed by atoms with Gasteiger partial charge in [-0.3, -0.25) is 4.79 Å². The molecular weight excluding hydrogens is 229 g/mol. The Morgan fingerprint density at radius 3 is 2.50 bits per heavy atom. The van der Waals surface area contributed by atoms with E-state index in [9.17, 15) is 9.18 Å². The summed E-state index contributed by atoms with van der Waals surface area (Å²) in [7, 11) is 0. The molecule has 0 amide bonds. The van der Waals surface area contributed by atoms with Gasteiger partial charge in [-0.1, -0.05) is 31.9 Å². The fraction of sp³-hybridized carbons (Fsp3) is 0.400. The zero-order chi connectivity index (χ0) is 13.8. The monoisotopic (exact) mass is 247 g/mol. The molecule has 0 aliphatic carbocycles. The largest absolute Gasteiger partial charge is 0.317 e. The Morgan fingerprint density at radius 2 is 2.00 bits per heavy atom. The number of terminal acetylenes is 1. The molecule has 0 fully saturated rings. The minimum atomic E-state index is -0.549. The van der Waals surface area contributed by atoms with Crippen LogP contribution < -0.4 is 5.73 Å². The van der Waals surface area contributed by atoms with Crippen LogP contribution in [-0.2, 0) is 11.2 Å². The molecule has 2 nitrogen and oxygen atoms in total. The number of halogens is 1. The molecule has 18 heavy (non-hydrogen) atoms. The third-order valence-electron chi connectivity index (χ3n) is 2.93. The molecule has 1 aromatic rings. The number of Topliss-reactive ketones (excluding diaryl/α,β-unsaturated/α-hetero) is 1. The first-order valence-corrected chi connectivity index (χ1v) is 5.84. The number of nitrogens with two attached hydrogens (primary N) is 1. The van der Waals surface area contributed by atoms with E-state index in [0.29, 0.717) is 6.42 Å². The van der Waals surface area contributed by atoms with Crippen molar-refractivity contribution in [3.05, 3.63) is 35.6 Å². The van der Waals surface area contributed by atoms with Crippen LogP contribution in [0.25, 0.3) is 0 Å². The second kappa shape index (κ2) is 5.79. The number of benzene rings is 1. The van der Waals surface area contributed by atoms with Crippen molar-refractivity contribution >= 4 is 5.78 Å². The molecule has 0 radical (unpaired) electrons. The molecule has 1 unspecified atom stereocenters. The summed E-state index contributed by atoms with van der Waals surface area (Å²) in [6.07, 6.45) is 5.88. The van der Waals surface area contributed by atoms with E-state index in [1.807, 2.05) is 13.8 Å². The Bertz CT molecular complexity index is 456. The molecule has 0 heterocycles. The van der Waals surface area contributed by atoms with Gasteiger partial charge in [0.2, 0.25) is 0 Å². The lowest BCUT2D eigenvalue weighted by atomic mass is 9.79. The first-order valence-electron chi connectivity index (χ1n) is 5.84. The quantitative estimate of drug-likeness (QED) is 0.811. The van der Waals surface area contributed by atoms with Crippen LogP contribution in [0.3, 0.4) is 0 Å². The molecular formula is C15H18FNO. The van der Waals surface area contributed by atoms with E-state index in [4.69, 9.17) is 12.2 Å². The second-order valence-corrected chi connectivity index (χ2v) is 5.09. The highest BCUT2D eigenvalue weighted by molar-refractivity contribution is 5.85. The minimum absolute atomic E-state index is 0.0253. The zero-order valence-corrected chi connectivity index (χ0v) is 10.7. The van der Waals surface area contributed by atoms with Crippen LogP contribution in [0.2, 0.25) is 0 Å². The average Bonchev–Trinajstić information content (AvgIpc) is 2.31. The maximum absolute atomic E-state index is 12.8. The summed E-state index contributed by atoms with van der Waals surface area (Å²) in [6, 6.07) is 5.62. The number of hydrogen-bond donors (Lipinski definition) is 1. The lowest BCUT2D eigenvalue weighted by Crippen LogP contribution is -2.32. The van der Waals surface area contributed by atoms with Crippen LogP contribution in [0.1, 0.15) is 25.8 Å². The summed E-state index contributed by atoms with van der Waals surface area (Å²) >= 11 is 0. The topological polar surface area (TPSA) is 43.1 Å². The van der Waals surface area contributed by atoms with Crippen LogP contribution in [0.5, 0.6) is 0 Å². The Hall–Kier alpha value is -1.66. The standard InChI is InChI=1S/C15H18FNO/c1-4-13(17)9-14(18)15(2,3)10-11-5-7-12(16)8-6-11/h1,5-8,13H,9-10,17H2,2-3H3. The van der Waals surface area contributed by atoms with E-state index in [0.717, 1.165) is 5.56 Å². The SMILES string of the molecule is C#CC(N)CC(=O)C(C)(C)Cc1ccc(F)cc1. The van der Waals surface area contributed by atoms with Gasteiger partial charge in [0.15, 0.2) is 0 Å². The van der Waals surface area contributed by atoms with Gasteiger partial charge in [0.25, 0.3) is 0 Å². The van der Waals surface area contributed by atoms with Gasteiger partial charge < -0.3 is 5.73 Å². The van der Waals surface area contributed by atoms with Crippen molar-refractivity contribution in [3.63, 3.8) is 0 Å². The van der Waals surface area contributed by atoms with Crippen LogP contribution in [0.15, 0.2) is 24.3 Å². The van der Waals surface area contributed by atoms with Crippen molar-refractivity contribution in [2.24, 2.45) is 11.1 Å². The number of carbonyl (C=O) groups excluding carboxylic acids is 1.